The van der Waals surface area contributed by atoms with Crippen LogP contribution < -0.4 is 11.1 Å². The summed E-state index contributed by atoms with van der Waals surface area (Å²) < 4.78 is 18.1. The van der Waals surface area contributed by atoms with Gasteiger partial charge in [0.05, 0.1) is 18.5 Å². The maximum absolute atomic E-state index is 13.1. The fourth-order valence-electron chi connectivity index (χ4n) is 1.84. The molecular formula is C15H16FN3O2. The van der Waals surface area contributed by atoms with Crippen LogP contribution in [0.3, 0.4) is 0 Å². The molecule has 1 aromatic carbocycles. The van der Waals surface area contributed by atoms with E-state index in [9.17, 15) is 9.18 Å². The van der Waals surface area contributed by atoms with Crippen LogP contribution in [0.1, 0.15) is 22.8 Å². The summed E-state index contributed by atoms with van der Waals surface area (Å²) in [6, 6.07) is 5.80. The van der Waals surface area contributed by atoms with Crippen molar-refractivity contribution in [1.29, 1.82) is 0 Å². The quantitative estimate of drug-likeness (QED) is 0.846. The number of hydrogen-bond donors (Lipinski definition) is 2. The Kier molecular flexibility index (Phi) is 4.37. The van der Waals surface area contributed by atoms with Gasteiger partial charge in [-0.2, -0.15) is 0 Å². The Balaban J connectivity index is 2.37. The SMILES string of the molecule is CCOC(=O)c1cc(N)cnc1Nc1ccc(F)cc1C. The third-order valence-corrected chi connectivity index (χ3v) is 2.85. The Morgan fingerprint density at radius 1 is 1.43 bits per heavy atom. The van der Waals surface area contributed by atoms with Gasteiger partial charge in [-0.15, -0.1) is 0 Å². The molecule has 3 N–H and O–H groups in total. The second-order valence-corrected chi connectivity index (χ2v) is 4.47. The number of esters is 1. The number of nitrogens with zero attached hydrogens (tertiary/aromatic N) is 1. The van der Waals surface area contributed by atoms with E-state index in [1.165, 1.54) is 24.4 Å². The first-order valence-electron chi connectivity index (χ1n) is 6.47. The number of aryl methyl sites for hydroxylation is 1. The van der Waals surface area contributed by atoms with E-state index in [1.807, 2.05) is 0 Å². The average molecular weight is 289 g/mol. The minimum absolute atomic E-state index is 0.237. The summed E-state index contributed by atoms with van der Waals surface area (Å²) in [6.07, 6.45) is 1.43. The number of hydrogen-bond acceptors (Lipinski definition) is 5. The van der Waals surface area contributed by atoms with Gasteiger partial charge in [0, 0.05) is 5.69 Å². The van der Waals surface area contributed by atoms with Gasteiger partial charge in [-0.25, -0.2) is 14.2 Å². The summed E-state index contributed by atoms with van der Waals surface area (Å²) in [7, 11) is 0. The molecule has 110 valence electrons. The lowest BCUT2D eigenvalue weighted by Crippen LogP contribution is -2.10. The van der Waals surface area contributed by atoms with Crippen molar-refractivity contribution in [3.63, 3.8) is 0 Å². The minimum Gasteiger partial charge on any atom is -0.462 e. The maximum atomic E-state index is 13.1. The zero-order chi connectivity index (χ0) is 15.4. The third kappa shape index (κ3) is 3.47. The number of ether oxygens (including phenoxy) is 1. The maximum Gasteiger partial charge on any atom is 0.341 e. The highest BCUT2D eigenvalue weighted by Gasteiger charge is 2.15. The van der Waals surface area contributed by atoms with Gasteiger partial charge in [-0.05, 0) is 43.7 Å². The van der Waals surface area contributed by atoms with Crippen LogP contribution in [0.15, 0.2) is 30.5 Å². The van der Waals surface area contributed by atoms with Gasteiger partial charge in [-0.3, -0.25) is 0 Å². The van der Waals surface area contributed by atoms with Crippen LogP contribution in [-0.2, 0) is 4.74 Å². The molecule has 1 heterocycles. The molecule has 2 rings (SSSR count). The molecule has 0 aliphatic carbocycles. The molecule has 0 fully saturated rings. The Hall–Kier alpha value is -2.63. The molecular weight excluding hydrogens is 273 g/mol. The number of aromatic nitrogens is 1. The van der Waals surface area contributed by atoms with Crippen LogP contribution in [0, 0.1) is 12.7 Å². The third-order valence-electron chi connectivity index (χ3n) is 2.85. The molecule has 0 aliphatic rings. The Bertz CT molecular complexity index is 674. The summed E-state index contributed by atoms with van der Waals surface area (Å²) in [5, 5.41) is 3.00. The number of nitrogen functional groups attached to an aromatic ring is 1. The summed E-state index contributed by atoms with van der Waals surface area (Å²) in [5.41, 5.74) is 7.60. The molecule has 0 radical (unpaired) electrons. The van der Waals surface area contributed by atoms with E-state index >= 15 is 0 Å². The average Bonchev–Trinajstić information content (AvgIpc) is 2.43. The Morgan fingerprint density at radius 3 is 2.86 bits per heavy atom. The molecule has 1 aromatic heterocycles. The Morgan fingerprint density at radius 2 is 2.19 bits per heavy atom. The van der Waals surface area contributed by atoms with E-state index in [-0.39, 0.29) is 18.0 Å². The van der Waals surface area contributed by atoms with Gasteiger partial charge in [-0.1, -0.05) is 0 Å². The molecule has 0 saturated heterocycles. The Labute approximate surface area is 121 Å². The number of carbonyl (C=O) groups excluding carboxylic acids is 1. The van der Waals surface area contributed by atoms with E-state index in [0.29, 0.717) is 22.8 Å². The van der Waals surface area contributed by atoms with Crippen molar-refractivity contribution in [3.05, 3.63) is 47.4 Å². The van der Waals surface area contributed by atoms with Crippen molar-refractivity contribution in [1.82, 2.24) is 4.98 Å². The minimum atomic E-state index is -0.514. The highest BCUT2D eigenvalue weighted by atomic mass is 19.1. The van der Waals surface area contributed by atoms with Crippen molar-refractivity contribution in [3.8, 4) is 0 Å². The van der Waals surface area contributed by atoms with E-state index < -0.39 is 5.97 Å². The van der Waals surface area contributed by atoms with Crippen LogP contribution in [0.4, 0.5) is 21.6 Å². The molecule has 2 aromatic rings. The molecule has 5 nitrogen and oxygen atoms in total. The number of nitrogens with two attached hydrogens (primary N) is 1. The van der Waals surface area contributed by atoms with E-state index in [1.54, 1.807) is 19.9 Å². The molecule has 0 unspecified atom stereocenters. The molecule has 0 saturated carbocycles. The lowest BCUT2D eigenvalue weighted by atomic mass is 10.2. The number of anilines is 3. The lowest BCUT2D eigenvalue weighted by Gasteiger charge is -2.12. The molecule has 0 amide bonds. The van der Waals surface area contributed by atoms with E-state index in [0.717, 1.165) is 0 Å². The molecule has 21 heavy (non-hydrogen) atoms. The first-order chi connectivity index (χ1) is 10.0. The summed E-state index contributed by atoms with van der Waals surface area (Å²) in [4.78, 5) is 16.0. The van der Waals surface area contributed by atoms with Crippen LogP contribution in [-0.4, -0.2) is 17.6 Å². The van der Waals surface area contributed by atoms with Gasteiger partial charge in [0.1, 0.15) is 17.2 Å². The molecule has 0 spiro atoms. The predicted molar refractivity (Wildman–Crippen MR) is 79.0 cm³/mol. The second-order valence-electron chi connectivity index (χ2n) is 4.47. The first-order valence-corrected chi connectivity index (χ1v) is 6.47. The fraction of sp³-hybridized carbons (Fsp3) is 0.200. The van der Waals surface area contributed by atoms with Gasteiger partial charge in [0.15, 0.2) is 0 Å². The zero-order valence-corrected chi connectivity index (χ0v) is 11.8. The van der Waals surface area contributed by atoms with Crippen molar-refractivity contribution < 1.29 is 13.9 Å². The topological polar surface area (TPSA) is 77.2 Å². The van der Waals surface area contributed by atoms with Crippen molar-refractivity contribution in [2.45, 2.75) is 13.8 Å². The summed E-state index contributed by atoms with van der Waals surface area (Å²) >= 11 is 0. The standard InChI is InChI=1S/C15H16FN3O2/c1-3-21-15(20)12-7-11(17)8-18-14(12)19-13-5-4-10(16)6-9(13)2/h4-8H,3,17H2,1-2H3,(H,18,19). The smallest absolute Gasteiger partial charge is 0.341 e. The van der Waals surface area contributed by atoms with Crippen LogP contribution in [0.2, 0.25) is 0 Å². The number of benzene rings is 1. The number of pyridine rings is 1. The molecule has 0 atom stereocenters. The van der Waals surface area contributed by atoms with E-state index in [4.69, 9.17) is 10.5 Å². The van der Waals surface area contributed by atoms with Gasteiger partial charge >= 0.3 is 5.97 Å². The van der Waals surface area contributed by atoms with Crippen molar-refractivity contribution in [2.24, 2.45) is 0 Å². The zero-order valence-electron chi connectivity index (χ0n) is 11.8. The van der Waals surface area contributed by atoms with Gasteiger partial charge < -0.3 is 15.8 Å². The molecule has 0 bridgehead atoms. The van der Waals surface area contributed by atoms with Crippen molar-refractivity contribution >= 4 is 23.2 Å². The van der Waals surface area contributed by atoms with E-state index in [2.05, 4.69) is 10.3 Å². The molecule has 0 aliphatic heterocycles. The number of rotatable bonds is 4. The fourth-order valence-corrected chi connectivity index (χ4v) is 1.84. The normalized spacial score (nSPS) is 10.2. The van der Waals surface area contributed by atoms with Crippen LogP contribution in [0.5, 0.6) is 0 Å². The predicted octanol–water partition coefficient (Wildman–Crippen LogP) is 3.03. The summed E-state index contributed by atoms with van der Waals surface area (Å²) in [6.45, 7) is 3.73. The highest BCUT2D eigenvalue weighted by molar-refractivity contribution is 5.96. The second kappa shape index (κ2) is 6.21. The first kappa shape index (κ1) is 14.8. The largest absolute Gasteiger partial charge is 0.462 e. The van der Waals surface area contributed by atoms with Crippen LogP contribution >= 0.6 is 0 Å². The summed E-state index contributed by atoms with van der Waals surface area (Å²) in [5.74, 6) is -0.522. The highest BCUT2D eigenvalue weighted by Crippen LogP contribution is 2.24. The van der Waals surface area contributed by atoms with Crippen molar-refractivity contribution in [2.75, 3.05) is 17.7 Å². The monoisotopic (exact) mass is 289 g/mol. The van der Waals surface area contributed by atoms with Crippen LogP contribution in [0.25, 0.3) is 0 Å². The van der Waals surface area contributed by atoms with Gasteiger partial charge in [0.2, 0.25) is 0 Å². The van der Waals surface area contributed by atoms with Gasteiger partial charge in [0.25, 0.3) is 0 Å². The lowest BCUT2D eigenvalue weighted by molar-refractivity contribution is 0.0527. The molecule has 6 heteroatoms. The number of halogens is 1. The number of carbonyl (C=O) groups is 1. The number of nitrogens with one attached hydrogen (secondary N) is 1.